The molecule has 0 aromatic rings. The molecule has 1 amide bonds. The highest BCUT2D eigenvalue weighted by Crippen LogP contribution is 2.09. The number of hydrogen-bond acceptors (Lipinski definition) is 2. The Kier molecular flexibility index (Phi) is 2.88. The second kappa shape index (κ2) is 3.72. The second-order valence-electron chi connectivity index (χ2n) is 3.25. The summed E-state index contributed by atoms with van der Waals surface area (Å²) in [6.45, 7) is 3.85. The van der Waals surface area contributed by atoms with Crippen molar-refractivity contribution in [1.82, 2.24) is 4.90 Å². The SMILES string of the molecule is CC(N)CCC(=O)N1CCC1. The number of nitrogens with zero attached hydrogens (tertiary/aromatic N) is 1. The van der Waals surface area contributed by atoms with E-state index in [1.54, 1.807) is 0 Å². The molecule has 0 saturated carbocycles. The molecule has 0 bridgehead atoms. The fourth-order valence-corrected chi connectivity index (χ4v) is 1.07. The number of carbonyl (C=O) groups excluding carboxylic acids is 1. The first kappa shape index (κ1) is 8.53. The Hall–Kier alpha value is -0.570. The van der Waals surface area contributed by atoms with Crippen molar-refractivity contribution in [3.8, 4) is 0 Å². The summed E-state index contributed by atoms with van der Waals surface area (Å²) in [6, 6.07) is 0.153. The Balaban J connectivity index is 2.10. The van der Waals surface area contributed by atoms with Gasteiger partial charge in [0.25, 0.3) is 0 Å². The van der Waals surface area contributed by atoms with E-state index in [4.69, 9.17) is 5.73 Å². The molecule has 1 unspecified atom stereocenters. The smallest absolute Gasteiger partial charge is 0.222 e. The van der Waals surface area contributed by atoms with E-state index in [0.29, 0.717) is 6.42 Å². The van der Waals surface area contributed by atoms with E-state index < -0.39 is 0 Å². The molecular weight excluding hydrogens is 140 g/mol. The standard InChI is InChI=1S/C8H16N2O/c1-7(9)3-4-8(11)10-5-2-6-10/h7H,2-6,9H2,1H3. The molecule has 11 heavy (non-hydrogen) atoms. The zero-order valence-corrected chi connectivity index (χ0v) is 7.05. The predicted molar refractivity (Wildman–Crippen MR) is 44.1 cm³/mol. The van der Waals surface area contributed by atoms with E-state index in [9.17, 15) is 4.79 Å². The molecule has 1 rings (SSSR count). The molecule has 0 aromatic heterocycles. The molecule has 1 atom stereocenters. The first-order valence-electron chi connectivity index (χ1n) is 4.23. The van der Waals surface area contributed by atoms with Gasteiger partial charge in [-0.3, -0.25) is 4.79 Å². The lowest BCUT2D eigenvalue weighted by Crippen LogP contribution is -2.42. The molecule has 0 radical (unpaired) electrons. The molecular formula is C8H16N2O. The number of rotatable bonds is 3. The monoisotopic (exact) mass is 156 g/mol. The quantitative estimate of drug-likeness (QED) is 0.640. The van der Waals surface area contributed by atoms with Crippen LogP contribution < -0.4 is 5.73 Å². The van der Waals surface area contributed by atoms with Crippen LogP contribution in [0.2, 0.25) is 0 Å². The third-order valence-corrected chi connectivity index (χ3v) is 2.02. The molecule has 3 nitrogen and oxygen atoms in total. The van der Waals surface area contributed by atoms with Crippen LogP contribution in [0.1, 0.15) is 26.2 Å². The topological polar surface area (TPSA) is 46.3 Å². The predicted octanol–water partition coefficient (Wildman–Crippen LogP) is 0.346. The minimum atomic E-state index is 0.153. The lowest BCUT2D eigenvalue weighted by Gasteiger charge is -2.31. The van der Waals surface area contributed by atoms with Gasteiger partial charge in [0.05, 0.1) is 0 Å². The normalized spacial score (nSPS) is 19.3. The van der Waals surface area contributed by atoms with E-state index >= 15 is 0 Å². The Morgan fingerprint density at radius 2 is 2.27 bits per heavy atom. The van der Waals surface area contributed by atoms with Gasteiger partial charge in [0.1, 0.15) is 0 Å². The second-order valence-corrected chi connectivity index (χ2v) is 3.25. The van der Waals surface area contributed by atoms with Gasteiger partial charge in [-0.15, -0.1) is 0 Å². The van der Waals surface area contributed by atoms with Crippen LogP contribution in [0.4, 0.5) is 0 Å². The maximum Gasteiger partial charge on any atom is 0.222 e. The number of amides is 1. The zero-order chi connectivity index (χ0) is 8.27. The maximum absolute atomic E-state index is 11.2. The molecule has 0 aliphatic carbocycles. The first-order valence-corrected chi connectivity index (χ1v) is 4.23. The fourth-order valence-electron chi connectivity index (χ4n) is 1.07. The van der Waals surface area contributed by atoms with Gasteiger partial charge in [-0.25, -0.2) is 0 Å². The average Bonchev–Trinajstić information content (AvgIpc) is 1.79. The molecule has 3 heteroatoms. The van der Waals surface area contributed by atoms with Gasteiger partial charge in [0.15, 0.2) is 0 Å². The number of nitrogens with two attached hydrogens (primary N) is 1. The van der Waals surface area contributed by atoms with Crippen LogP contribution in [0.3, 0.4) is 0 Å². The molecule has 64 valence electrons. The van der Waals surface area contributed by atoms with Crippen LogP contribution in [0.25, 0.3) is 0 Å². The highest BCUT2D eigenvalue weighted by atomic mass is 16.2. The average molecular weight is 156 g/mol. The largest absolute Gasteiger partial charge is 0.343 e. The van der Waals surface area contributed by atoms with Crippen LogP contribution in [0.15, 0.2) is 0 Å². The van der Waals surface area contributed by atoms with Gasteiger partial charge >= 0.3 is 0 Å². The van der Waals surface area contributed by atoms with E-state index in [1.807, 2.05) is 11.8 Å². The Morgan fingerprint density at radius 1 is 1.64 bits per heavy atom. The lowest BCUT2D eigenvalue weighted by atomic mass is 10.1. The van der Waals surface area contributed by atoms with Crippen LogP contribution in [-0.4, -0.2) is 29.9 Å². The Bertz CT molecular complexity index is 141. The highest BCUT2D eigenvalue weighted by molar-refractivity contribution is 5.76. The fraction of sp³-hybridized carbons (Fsp3) is 0.875. The molecule has 1 fully saturated rings. The highest BCUT2D eigenvalue weighted by Gasteiger charge is 2.19. The summed E-state index contributed by atoms with van der Waals surface area (Å²) in [6.07, 6.45) is 2.61. The summed E-state index contributed by atoms with van der Waals surface area (Å²) in [5.74, 6) is 0.272. The van der Waals surface area contributed by atoms with Crippen molar-refractivity contribution >= 4 is 5.91 Å². The summed E-state index contributed by atoms with van der Waals surface area (Å²) in [7, 11) is 0. The van der Waals surface area contributed by atoms with Crippen LogP contribution >= 0.6 is 0 Å². The molecule has 1 saturated heterocycles. The summed E-state index contributed by atoms with van der Waals surface area (Å²) in [5.41, 5.74) is 5.53. The van der Waals surface area contributed by atoms with Gasteiger partial charge in [-0.2, -0.15) is 0 Å². The first-order chi connectivity index (χ1) is 5.20. The molecule has 2 N–H and O–H groups in total. The van der Waals surface area contributed by atoms with Crippen molar-refractivity contribution in [2.24, 2.45) is 5.73 Å². The summed E-state index contributed by atoms with van der Waals surface area (Å²) >= 11 is 0. The molecule has 1 heterocycles. The molecule has 1 aliphatic heterocycles. The van der Waals surface area contributed by atoms with Crippen LogP contribution in [-0.2, 0) is 4.79 Å². The lowest BCUT2D eigenvalue weighted by molar-refractivity contribution is -0.134. The van der Waals surface area contributed by atoms with Gasteiger partial charge in [0.2, 0.25) is 5.91 Å². The van der Waals surface area contributed by atoms with Crippen LogP contribution in [0.5, 0.6) is 0 Å². The van der Waals surface area contributed by atoms with Gasteiger partial charge in [0, 0.05) is 25.6 Å². The summed E-state index contributed by atoms with van der Waals surface area (Å²) < 4.78 is 0. The van der Waals surface area contributed by atoms with Crippen molar-refractivity contribution in [2.45, 2.75) is 32.2 Å². The number of carbonyl (C=O) groups is 1. The summed E-state index contributed by atoms with van der Waals surface area (Å²) in [5, 5.41) is 0. The van der Waals surface area contributed by atoms with Crippen molar-refractivity contribution < 1.29 is 4.79 Å². The van der Waals surface area contributed by atoms with E-state index in [0.717, 1.165) is 19.5 Å². The third-order valence-electron chi connectivity index (χ3n) is 2.02. The van der Waals surface area contributed by atoms with E-state index in [-0.39, 0.29) is 11.9 Å². The van der Waals surface area contributed by atoms with Gasteiger partial charge < -0.3 is 10.6 Å². The van der Waals surface area contributed by atoms with Crippen molar-refractivity contribution in [2.75, 3.05) is 13.1 Å². The molecule has 1 aliphatic rings. The van der Waals surface area contributed by atoms with Crippen LogP contribution in [0, 0.1) is 0 Å². The van der Waals surface area contributed by atoms with E-state index in [1.165, 1.54) is 6.42 Å². The minimum Gasteiger partial charge on any atom is -0.343 e. The third kappa shape index (κ3) is 2.50. The maximum atomic E-state index is 11.2. The van der Waals surface area contributed by atoms with Crippen molar-refractivity contribution in [3.05, 3.63) is 0 Å². The Labute approximate surface area is 67.5 Å². The van der Waals surface area contributed by atoms with Gasteiger partial charge in [-0.05, 0) is 19.8 Å². The van der Waals surface area contributed by atoms with Crippen molar-refractivity contribution in [1.29, 1.82) is 0 Å². The number of likely N-dealkylation sites (tertiary alicyclic amines) is 1. The number of hydrogen-bond donors (Lipinski definition) is 1. The van der Waals surface area contributed by atoms with Gasteiger partial charge in [-0.1, -0.05) is 0 Å². The summed E-state index contributed by atoms with van der Waals surface area (Å²) in [4.78, 5) is 13.1. The zero-order valence-electron chi connectivity index (χ0n) is 7.05. The molecule has 0 spiro atoms. The minimum absolute atomic E-state index is 0.153. The Morgan fingerprint density at radius 3 is 2.64 bits per heavy atom. The molecule has 0 aromatic carbocycles. The van der Waals surface area contributed by atoms with Crippen molar-refractivity contribution in [3.63, 3.8) is 0 Å². The van der Waals surface area contributed by atoms with E-state index in [2.05, 4.69) is 0 Å².